The third kappa shape index (κ3) is 4.20. The fourth-order valence-electron chi connectivity index (χ4n) is 1.75. The van der Waals surface area contributed by atoms with E-state index in [4.69, 9.17) is 18.0 Å². The highest BCUT2D eigenvalue weighted by atomic mass is 28.4. The quantitative estimate of drug-likeness (QED) is 0.473. The molecule has 1 rings (SSSR count). The van der Waals surface area contributed by atoms with Crippen LogP contribution in [-0.2, 0) is 18.0 Å². The Morgan fingerprint density at radius 2 is 1.80 bits per heavy atom. The molecule has 0 N–H and O–H groups in total. The monoisotopic (exact) mass is 234 g/mol. The first-order valence-corrected chi connectivity index (χ1v) is 7.36. The van der Waals surface area contributed by atoms with Crippen molar-refractivity contribution in [3.05, 3.63) is 0 Å². The van der Waals surface area contributed by atoms with Crippen molar-refractivity contribution in [1.29, 1.82) is 0 Å². The van der Waals surface area contributed by atoms with E-state index in [1.54, 1.807) is 21.3 Å². The van der Waals surface area contributed by atoms with Gasteiger partial charge in [0.1, 0.15) is 0 Å². The number of epoxide rings is 1. The minimum atomic E-state index is -2.35. The summed E-state index contributed by atoms with van der Waals surface area (Å²) in [6.07, 6.45) is 2.71. The Morgan fingerprint density at radius 3 is 2.20 bits per heavy atom. The van der Waals surface area contributed by atoms with Gasteiger partial charge in [-0.3, -0.25) is 0 Å². The molecule has 5 heteroatoms. The third-order valence-corrected chi connectivity index (χ3v) is 5.71. The van der Waals surface area contributed by atoms with Gasteiger partial charge in [-0.25, -0.2) is 0 Å². The molecule has 0 aromatic carbocycles. The van der Waals surface area contributed by atoms with Crippen LogP contribution in [-0.4, -0.2) is 42.8 Å². The van der Waals surface area contributed by atoms with Crippen LogP contribution in [0.4, 0.5) is 0 Å². The third-order valence-electron chi connectivity index (χ3n) is 2.94. The summed E-state index contributed by atoms with van der Waals surface area (Å²) in [7, 11) is 2.63. The second kappa shape index (κ2) is 5.96. The van der Waals surface area contributed by atoms with E-state index in [9.17, 15) is 0 Å². The van der Waals surface area contributed by atoms with Crippen LogP contribution in [0.3, 0.4) is 0 Å². The summed E-state index contributed by atoms with van der Waals surface area (Å²) in [5, 5.41) is 0. The van der Waals surface area contributed by atoms with E-state index in [2.05, 4.69) is 6.92 Å². The molecule has 4 nitrogen and oxygen atoms in total. The molecule has 90 valence electrons. The summed E-state index contributed by atoms with van der Waals surface area (Å²) in [5.41, 5.74) is 0. The molecular weight excluding hydrogens is 212 g/mol. The first-order chi connectivity index (χ1) is 7.15. The van der Waals surface area contributed by atoms with E-state index in [0.717, 1.165) is 25.5 Å². The zero-order valence-electron chi connectivity index (χ0n) is 10.1. The van der Waals surface area contributed by atoms with Crippen molar-refractivity contribution in [3.8, 4) is 0 Å². The van der Waals surface area contributed by atoms with Crippen LogP contribution in [0.25, 0.3) is 0 Å². The second-order valence-corrected chi connectivity index (χ2v) is 7.22. The van der Waals surface area contributed by atoms with E-state index in [-0.39, 0.29) is 0 Å². The number of hydrogen-bond donors (Lipinski definition) is 0. The predicted molar refractivity (Wildman–Crippen MR) is 59.7 cm³/mol. The van der Waals surface area contributed by atoms with Crippen molar-refractivity contribution in [2.45, 2.75) is 31.9 Å². The maximum Gasteiger partial charge on any atom is 0.500 e. The zero-order valence-corrected chi connectivity index (χ0v) is 11.1. The molecule has 0 radical (unpaired) electrons. The van der Waals surface area contributed by atoms with Gasteiger partial charge in [-0.1, -0.05) is 6.92 Å². The molecule has 1 aliphatic rings. The molecule has 0 saturated carbocycles. The van der Waals surface area contributed by atoms with E-state index < -0.39 is 8.80 Å². The van der Waals surface area contributed by atoms with Crippen LogP contribution in [0.5, 0.6) is 0 Å². The van der Waals surface area contributed by atoms with Crippen LogP contribution in [0.15, 0.2) is 0 Å². The molecule has 0 amide bonds. The van der Waals surface area contributed by atoms with Gasteiger partial charge in [0.15, 0.2) is 0 Å². The number of ether oxygens (including phenoxy) is 1. The van der Waals surface area contributed by atoms with Crippen LogP contribution in [0, 0.1) is 5.92 Å². The highest BCUT2D eigenvalue weighted by Crippen LogP contribution is 2.25. The summed E-state index contributed by atoms with van der Waals surface area (Å²) in [5.74, 6) is 0.643. The van der Waals surface area contributed by atoms with Gasteiger partial charge in [0.05, 0.1) is 12.7 Å². The number of rotatable bonds is 8. The second-order valence-electron chi connectivity index (χ2n) is 4.13. The Kier molecular flexibility index (Phi) is 5.21. The maximum absolute atomic E-state index is 5.37. The highest BCUT2D eigenvalue weighted by molar-refractivity contribution is 6.60. The van der Waals surface area contributed by atoms with Gasteiger partial charge >= 0.3 is 8.80 Å². The lowest BCUT2D eigenvalue weighted by atomic mass is 10.0. The minimum Gasteiger partial charge on any atom is -0.377 e. The summed E-state index contributed by atoms with van der Waals surface area (Å²) in [4.78, 5) is 0. The molecule has 0 aliphatic carbocycles. The SMILES string of the molecule is CO[Si](CCC(C)CC1CO1)(OC)OC. The van der Waals surface area contributed by atoms with Gasteiger partial charge in [0.2, 0.25) is 0 Å². The first-order valence-electron chi connectivity index (χ1n) is 5.43. The van der Waals surface area contributed by atoms with Gasteiger partial charge in [-0.05, 0) is 18.8 Å². The van der Waals surface area contributed by atoms with Crippen LogP contribution in [0.1, 0.15) is 19.8 Å². The summed E-state index contributed by atoms with van der Waals surface area (Å²) >= 11 is 0. The molecule has 2 atom stereocenters. The van der Waals surface area contributed by atoms with Crippen LogP contribution >= 0.6 is 0 Å². The fraction of sp³-hybridized carbons (Fsp3) is 1.00. The van der Waals surface area contributed by atoms with Crippen molar-refractivity contribution in [2.75, 3.05) is 27.9 Å². The van der Waals surface area contributed by atoms with E-state index in [1.807, 2.05) is 0 Å². The molecule has 15 heavy (non-hydrogen) atoms. The van der Waals surface area contributed by atoms with Crippen molar-refractivity contribution in [1.82, 2.24) is 0 Å². The molecule has 2 unspecified atom stereocenters. The lowest BCUT2D eigenvalue weighted by Crippen LogP contribution is -2.42. The van der Waals surface area contributed by atoms with Gasteiger partial charge < -0.3 is 18.0 Å². The first kappa shape index (κ1) is 13.1. The average molecular weight is 234 g/mol. The Hall–Kier alpha value is 0.0569. The van der Waals surface area contributed by atoms with Gasteiger partial charge in [-0.15, -0.1) is 0 Å². The standard InChI is InChI=1S/C10H22O4Si/c1-9(7-10-8-14-10)5-6-15(11-2,12-3)13-4/h9-10H,5-8H2,1-4H3. The summed E-state index contributed by atoms with van der Waals surface area (Å²) in [6, 6.07) is 0.879. The zero-order chi connectivity index (χ0) is 11.3. The predicted octanol–water partition coefficient (Wildman–Crippen LogP) is 1.68. The molecule has 1 saturated heterocycles. The van der Waals surface area contributed by atoms with E-state index >= 15 is 0 Å². The van der Waals surface area contributed by atoms with Crippen LogP contribution < -0.4 is 0 Å². The largest absolute Gasteiger partial charge is 0.500 e. The lowest BCUT2D eigenvalue weighted by molar-refractivity contribution is 0.121. The van der Waals surface area contributed by atoms with Crippen molar-refractivity contribution < 1.29 is 18.0 Å². The minimum absolute atomic E-state index is 0.503. The molecule has 0 spiro atoms. The summed E-state index contributed by atoms with van der Waals surface area (Å²) in [6.45, 7) is 3.17. The lowest BCUT2D eigenvalue weighted by Gasteiger charge is -2.25. The Balaban J connectivity index is 2.24. The van der Waals surface area contributed by atoms with Crippen molar-refractivity contribution >= 4 is 8.80 Å². The Labute approximate surface area is 93.2 Å². The normalized spacial score (nSPS) is 22.8. The van der Waals surface area contributed by atoms with Gasteiger partial charge in [-0.2, -0.15) is 0 Å². The molecule has 1 fully saturated rings. The fourth-order valence-corrected chi connectivity index (χ4v) is 3.71. The Bertz CT molecular complexity index is 172. The summed E-state index contributed by atoms with van der Waals surface area (Å²) < 4.78 is 21.3. The molecule has 0 bridgehead atoms. The molecule has 1 aliphatic heterocycles. The van der Waals surface area contributed by atoms with Gasteiger partial charge in [0, 0.05) is 27.4 Å². The molecular formula is C10H22O4Si. The van der Waals surface area contributed by atoms with Crippen LogP contribution in [0.2, 0.25) is 6.04 Å². The van der Waals surface area contributed by atoms with Crippen molar-refractivity contribution in [3.63, 3.8) is 0 Å². The molecule has 0 aromatic rings. The van der Waals surface area contributed by atoms with E-state index in [0.29, 0.717) is 12.0 Å². The number of hydrogen-bond acceptors (Lipinski definition) is 4. The molecule has 0 aromatic heterocycles. The molecule has 1 heterocycles. The maximum atomic E-state index is 5.37. The Morgan fingerprint density at radius 1 is 1.27 bits per heavy atom. The van der Waals surface area contributed by atoms with E-state index in [1.165, 1.54) is 0 Å². The van der Waals surface area contributed by atoms with Crippen molar-refractivity contribution in [2.24, 2.45) is 5.92 Å². The topological polar surface area (TPSA) is 40.2 Å². The highest BCUT2D eigenvalue weighted by Gasteiger charge is 2.38. The average Bonchev–Trinajstić information content (AvgIpc) is 3.05. The smallest absolute Gasteiger partial charge is 0.377 e. The van der Waals surface area contributed by atoms with Gasteiger partial charge in [0.25, 0.3) is 0 Å².